The van der Waals surface area contributed by atoms with Gasteiger partial charge in [-0.15, -0.1) is 0 Å². The number of carbonyl (C=O) groups excluding carboxylic acids is 2. The zero-order valence-electron chi connectivity index (χ0n) is 19.9. The Bertz CT molecular complexity index is 1360. The van der Waals surface area contributed by atoms with Crippen LogP contribution >= 0.6 is 11.8 Å². The van der Waals surface area contributed by atoms with E-state index < -0.39 is 11.2 Å². The van der Waals surface area contributed by atoms with Crippen LogP contribution in [0, 0.1) is 0 Å². The van der Waals surface area contributed by atoms with Gasteiger partial charge in [0.2, 0.25) is 0 Å². The monoisotopic (exact) mass is 492 g/mol. The van der Waals surface area contributed by atoms with Crippen LogP contribution in [0.25, 0.3) is 10.9 Å². The number of ketones is 1. The maximum Gasteiger partial charge on any atom is 0.337 e. The summed E-state index contributed by atoms with van der Waals surface area (Å²) in [6.07, 6.45) is 4.97. The van der Waals surface area contributed by atoms with E-state index in [4.69, 9.17) is 14.5 Å². The SMILES string of the molecule is COC(=O)c1ccc2c(=O)n(CC3CCCO3)c(SC(C)C(=O)c3ccc4c(c3)CCC4)nc2c1. The summed E-state index contributed by atoms with van der Waals surface area (Å²) in [5.74, 6) is -0.488. The Morgan fingerprint density at radius 2 is 1.94 bits per heavy atom. The Hall–Kier alpha value is -2.97. The van der Waals surface area contributed by atoms with E-state index in [1.54, 1.807) is 22.8 Å². The van der Waals surface area contributed by atoms with Gasteiger partial charge in [0.25, 0.3) is 5.56 Å². The van der Waals surface area contributed by atoms with Crippen molar-refractivity contribution < 1.29 is 19.1 Å². The molecule has 0 bridgehead atoms. The van der Waals surface area contributed by atoms with Crippen molar-refractivity contribution in [2.45, 2.75) is 62.1 Å². The second-order valence-corrected chi connectivity index (χ2v) is 10.4. The van der Waals surface area contributed by atoms with Gasteiger partial charge in [0.05, 0.1) is 41.5 Å². The molecule has 0 amide bonds. The molecule has 5 rings (SSSR count). The topological polar surface area (TPSA) is 87.5 Å². The first-order valence-corrected chi connectivity index (χ1v) is 12.9. The minimum absolute atomic E-state index is 0.00558. The smallest absolute Gasteiger partial charge is 0.337 e. The summed E-state index contributed by atoms with van der Waals surface area (Å²) in [5, 5.41) is 0.415. The minimum atomic E-state index is -0.494. The third-order valence-electron chi connectivity index (χ3n) is 6.79. The molecule has 2 unspecified atom stereocenters. The molecule has 3 aromatic rings. The molecular weight excluding hydrogens is 464 g/mol. The lowest BCUT2D eigenvalue weighted by molar-refractivity contribution is 0.0600. The van der Waals surface area contributed by atoms with E-state index in [0.29, 0.717) is 40.3 Å². The normalized spacial score (nSPS) is 17.9. The van der Waals surface area contributed by atoms with Gasteiger partial charge < -0.3 is 9.47 Å². The third-order valence-corrected chi connectivity index (χ3v) is 7.88. The Balaban J connectivity index is 1.51. The molecule has 2 aromatic carbocycles. The fourth-order valence-electron chi connectivity index (χ4n) is 4.86. The van der Waals surface area contributed by atoms with Crippen molar-refractivity contribution in [3.05, 3.63) is 69.0 Å². The molecule has 0 spiro atoms. The molecule has 2 heterocycles. The van der Waals surface area contributed by atoms with Gasteiger partial charge in [0, 0.05) is 12.2 Å². The zero-order valence-corrected chi connectivity index (χ0v) is 20.7. The maximum absolute atomic E-state index is 13.5. The van der Waals surface area contributed by atoms with Crippen LogP contribution in [0.5, 0.6) is 0 Å². The number of ether oxygens (including phenoxy) is 2. The van der Waals surface area contributed by atoms with Gasteiger partial charge in [-0.05, 0) is 74.4 Å². The van der Waals surface area contributed by atoms with Crippen LogP contribution in [0.3, 0.4) is 0 Å². The number of aromatic nitrogens is 2. The molecule has 0 saturated carbocycles. The molecule has 1 aliphatic heterocycles. The molecule has 182 valence electrons. The van der Waals surface area contributed by atoms with E-state index in [1.807, 2.05) is 19.1 Å². The highest BCUT2D eigenvalue weighted by atomic mass is 32.2. The standard InChI is InChI=1S/C27H28N2O5S/c1-16(24(30)19-9-8-17-5-3-6-18(17)13-19)35-27-28-23-14-20(26(32)33-2)10-11-22(23)25(31)29(27)15-21-7-4-12-34-21/h8-11,13-14,16,21H,3-7,12,15H2,1-2H3. The summed E-state index contributed by atoms with van der Waals surface area (Å²) in [5.41, 5.74) is 3.78. The fourth-order valence-corrected chi connectivity index (χ4v) is 5.85. The Labute approximate surface area is 207 Å². The van der Waals surface area contributed by atoms with Crippen molar-refractivity contribution in [2.75, 3.05) is 13.7 Å². The number of carbonyl (C=O) groups is 2. The third kappa shape index (κ3) is 4.77. The Kier molecular flexibility index (Phi) is 6.75. The summed E-state index contributed by atoms with van der Waals surface area (Å²) >= 11 is 1.27. The molecule has 35 heavy (non-hydrogen) atoms. The number of Topliss-reactive ketones (excluding diaryl/α,β-unsaturated/α-hetero) is 1. The number of aryl methyl sites for hydroxylation is 2. The number of esters is 1. The van der Waals surface area contributed by atoms with E-state index >= 15 is 0 Å². The van der Waals surface area contributed by atoms with Crippen LogP contribution < -0.4 is 5.56 Å². The Morgan fingerprint density at radius 3 is 2.71 bits per heavy atom. The first-order chi connectivity index (χ1) is 16.9. The second kappa shape index (κ2) is 9.95. The number of methoxy groups -OCH3 is 1. The Morgan fingerprint density at radius 1 is 1.14 bits per heavy atom. The second-order valence-electron chi connectivity index (χ2n) is 9.13. The van der Waals surface area contributed by atoms with Crippen molar-refractivity contribution >= 4 is 34.4 Å². The quantitative estimate of drug-likeness (QED) is 0.211. The lowest BCUT2D eigenvalue weighted by Crippen LogP contribution is -2.29. The highest BCUT2D eigenvalue weighted by Crippen LogP contribution is 2.29. The average molecular weight is 493 g/mol. The highest BCUT2D eigenvalue weighted by Gasteiger charge is 2.25. The lowest BCUT2D eigenvalue weighted by atomic mass is 10.0. The zero-order chi connectivity index (χ0) is 24.5. The maximum atomic E-state index is 13.5. The molecule has 7 nitrogen and oxygen atoms in total. The molecule has 1 aromatic heterocycles. The van der Waals surface area contributed by atoms with Gasteiger partial charge in [-0.2, -0.15) is 0 Å². The summed E-state index contributed by atoms with van der Waals surface area (Å²) in [6, 6.07) is 10.7. The molecule has 0 N–H and O–H groups in total. The van der Waals surface area contributed by atoms with Gasteiger partial charge in [-0.25, -0.2) is 9.78 Å². The van der Waals surface area contributed by atoms with Crippen LogP contribution in [0.2, 0.25) is 0 Å². The fraction of sp³-hybridized carbons (Fsp3) is 0.407. The van der Waals surface area contributed by atoms with Crippen LogP contribution in [0.15, 0.2) is 46.3 Å². The van der Waals surface area contributed by atoms with Gasteiger partial charge >= 0.3 is 5.97 Å². The van der Waals surface area contributed by atoms with Crippen molar-refractivity contribution in [3.8, 4) is 0 Å². The number of hydrogen-bond acceptors (Lipinski definition) is 7. The predicted octanol–water partition coefficient (Wildman–Crippen LogP) is 4.21. The molecule has 1 aliphatic carbocycles. The number of hydrogen-bond donors (Lipinski definition) is 0. The van der Waals surface area contributed by atoms with E-state index in [1.165, 1.54) is 30.0 Å². The number of rotatable bonds is 7. The number of benzene rings is 2. The first-order valence-electron chi connectivity index (χ1n) is 12.0. The molecule has 1 saturated heterocycles. The van der Waals surface area contributed by atoms with Gasteiger partial charge in [0.1, 0.15) is 0 Å². The van der Waals surface area contributed by atoms with Crippen LogP contribution in [-0.4, -0.2) is 46.4 Å². The van der Waals surface area contributed by atoms with E-state index in [2.05, 4.69) is 6.07 Å². The van der Waals surface area contributed by atoms with Crippen LogP contribution in [-0.2, 0) is 28.9 Å². The molecular formula is C27H28N2O5S. The van der Waals surface area contributed by atoms with E-state index in [9.17, 15) is 14.4 Å². The first kappa shape index (κ1) is 23.8. The largest absolute Gasteiger partial charge is 0.465 e. The lowest BCUT2D eigenvalue weighted by Gasteiger charge is -2.18. The molecule has 2 aliphatic rings. The number of nitrogens with zero attached hydrogens (tertiary/aromatic N) is 2. The van der Waals surface area contributed by atoms with Crippen molar-refractivity contribution in [1.29, 1.82) is 0 Å². The molecule has 1 fully saturated rings. The number of fused-ring (bicyclic) bond motifs is 2. The molecule has 2 atom stereocenters. The van der Waals surface area contributed by atoms with E-state index in [0.717, 1.165) is 32.1 Å². The summed E-state index contributed by atoms with van der Waals surface area (Å²) in [7, 11) is 1.31. The van der Waals surface area contributed by atoms with Gasteiger partial charge in [-0.3, -0.25) is 14.2 Å². The van der Waals surface area contributed by atoms with E-state index in [-0.39, 0.29) is 17.4 Å². The van der Waals surface area contributed by atoms with Gasteiger partial charge in [0.15, 0.2) is 10.9 Å². The van der Waals surface area contributed by atoms with Crippen molar-refractivity contribution in [2.24, 2.45) is 0 Å². The highest BCUT2D eigenvalue weighted by molar-refractivity contribution is 8.00. The van der Waals surface area contributed by atoms with Crippen LogP contribution in [0.4, 0.5) is 0 Å². The summed E-state index contributed by atoms with van der Waals surface area (Å²) < 4.78 is 12.2. The summed E-state index contributed by atoms with van der Waals surface area (Å²) in [6.45, 7) is 2.90. The van der Waals surface area contributed by atoms with Crippen molar-refractivity contribution in [1.82, 2.24) is 9.55 Å². The molecule has 8 heteroatoms. The average Bonchev–Trinajstić information content (AvgIpc) is 3.56. The van der Waals surface area contributed by atoms with Crippen molar-refractivity contribution in [3.63, 3.8) is 0 Å². The van der Waals surface area contributed by atoms with Gasteiger partial charge in [-0.1, -0.05) is 23.9 Å². The minimum Gasteiger partial charge on any atom is -0.465 e. The van der Waals surface area contributed by atoms with Crippen LogP contribution in [0.1, 0.15) is 58.0 Å². The predicted molar refractivity (Wildman–Crippen MR) is 134 cm³/mol. The number of thioether (sulfide) groups is 1. The summed E-state index contributed by atoms with van der Waals surface area (Å²) in [4.78, 5) is 43.6. The molecule has 0 radical (unpaired) electrons.